The van der Waals surface area contributed by atoms with Gasteiger partial charge >= 0.3 is 5.97 Å². The molecular formula is C15H18N2O2. The SMILES string of the molecule is COC(=O)c1ccc(C)c(NCc2cccn2C)c1. The summed E-state index contributed by atoms with van der Waals surface area (Å²) < 4.78 is 6.79. The van der Waals surface area contributed by atoms with Crippen LogP contribution in [-0.4, -0.2) is 17.6 Å². The topological polar surface area (TPSA) is 43.3 Å². The molecule has 0 aliphatic carbocycles. The molecule has 0 fully saturated rings. The minimum Gasteiger partial charge on any atom is -0.465 e. The number of carbonyl (C=O) groups is 1. The predicted molar refractivity (Wildman–Crippen MR) is 75.3 cm³/mol. The molecule has 0 radical (unpaired) electrons. The molecule has 4 nitrogen and oxygen atoms in total. The monoisotopic (exact) mass is 258 g/mol. The Labute approximate surface area is 113 Å². The Kier molecular flexibility index (Phi) is 3.90. The fourth-order valence-electron chi connectivity index (χ4n) is 1.92. The normalized spacial score (nSPS) is 10.3. The highest BCUT2D eigenvalue weighted by atomic mass is 16.5. The third-order valence-electron chi connectivity index (χ3n) is 3.17. The molecule has 0 spiro atoms. The van der Waals surface area contributed by atoms with Gasteiger partial charge in [-0.3, -0.25) is 0 Å². The first-order valence-corrected chi connectivity index (χ1v) is 6.15. The van der Waals surface area contributed by atoms with Crippen molar-refractivity contribution in [2.24, 2.45) is 7.05 Å². The number of ether oxygens (including phenoxy) is 1. The smallest absolute Gasteiger partial charge is 0.337 e. The lowest BCUT2D eigenvalue weighted by Crippen LogP contribution is -2.07. The lowest BCUT2D eigenvalue weighted by Gasteiger charge is -2.11. The summed E-state index contributed by atoms with van der Waals surface area (Å²) in [5.41, 5.74) is 3.79. The lowest BCUT2D eigenvalue weighted by molar-refractivity contribution is 0.0601. The third-order valence-corrected chi connectivity index (χ3v) is 3.17. The lowest BCUT2D eigenvalue weighted by atomic mass is 10.1. The zero-order chi connectivity index (χ0) is 13.8. The summed E-state index contributed by atoms with van der Waals surface area (Å²) in [6, 6.07) is 9.58. The van der Waals surface area contributed by atoms with Crippen molar-refractivity contribution in [3.05, 3.63) is 53.3 Å². The number of benzene rings is 1. The Hall–Kier alpha value is -2.23. The summed E-state index contributed by atoms with van der Waals surface area (Å²) in [6.45, 7) is 2.73. The molecule has 1 aromatic carbocycles. The van der Waals surface area contributed by atoms with Crippen molar-refractivity contribution in [2.75, 3.05) is 12.4 Å². The molecule has 1 N–H and O–H groups in total. The van der Waals surface area contributed by atoms with Gasteiger partial charge in [-0.05, 0) is 36.8 Å². The second kappa shape index (κ2) is 5.61. The largest absolute Gasteiger partial charge is 0.465 e. The highest BCUT2D eigenvalue weighted by Gasteiger charge is 2.08. The van der Waals surface area contributed by atoms with Crippen molar-refractivity contribution in [3.63, 3.8) is 0 Å². The van der Waals surface area contributed by atoms with Crippen LogP contribution in [0.25, 0.3) is 0 Å². The first-order chi connectivity index (χ1) is 9.11. The van der Waals surface area contributed by atoms with E-state index < -0.39 is 0 Å². The third kappa shape index (κ3) is 2.96. The van der Waals surface area contributed by atoms with Gasteiger partial charge in [0.25, 0.3) is 0 Å². The minimum absolute atomic E-state index is 0.318. The van der Waals surface area contributed by atoms with Crippen LogP contribution in [0.3, 0.4) is 0 Å². The Morgan fingerprint density at radius 1 is 1.37 bits per heavy atom. The van der Waals surface area contributed by atoms with E-state index >= 15 is 0 Å². The molecule has 4 heteroatoms. The number of rotatable bonds is 4. The highest BCUT2D eigenvalue weighted by molar-refractivity contribution is 5.90. The van der Waals surface area contributed by atoms with Gasteiger partial charge in [-0.2, -0.15) is 0 Å². The number of nitrogens with zero attached hydrogens (tertiary/aromatic N) is 1. The second-order valence-electron chi connectivity index (χ2n) is 4.49. The van der Waals surface area contributed by atoms with Crippen molar-refractivity contribution >= 4 is 11.7 Å². The molecule has 0 aliphatic rings. The number of anilines is 1. The standard InChI is InChI=1S/C15H18N2O2/c1-11-6-7-12(15(18)19-3)9-14(11)16-10-13-5-4-8-17(13)2/h4-9,16H,10H2,1-3H3. The van der Waals surface area contributed by atoms with E-state index in [9.17, 15) is 4.79 Å². The van der Waals surface area contributed by atoms with Crippen molar-refractivity contribution in [3.8, 4) is 0 Å². The first-order valence-electron chi connectivity index (χ1n) is 6.15. The number of carbonyl (C=O) groups excluding carboxylic acids is 1. The zero-order valence-corrected chi connectivity index (χ0v) is 11.4. The summed E-state index contributed by atoms with van der Waals surface area (Å²) in [7, 11) is 3.40. The van der Waals surface area contributed by atoms with Crippen LogP contribution in [0.15, 0.2) is 36.5 Å². The maximum atomic E-state index is 11.5. The van der Waals surface area contributed by atoms with Gasteiger partial charge in [-0.1, -0.05) is 6.07 Å². The van der Waals surface area contributed by atoms with E-state index in [4.69, 9.17) is 4.74 Å². The number of hydrogen-bond donors (Lipinski definition) is 1. The maximum Gasteiger partial charge on any atom is 0.337 e. The van der Waals surface area contributed by atoms with E-state index in [1.54, 1.807) is 6.07 Å². The molecule has 0 unspecified atom stereocenters. The molecule has 1 heterocycles. The van der Waals surface area contributed by atoms with Crippen molar-refractivity contribution in [1.82, 2.24) is 4.57 Å². The van der Waals surface area contributed by atoms with Crippen molar-refractivity contribution < 1.29 is 9.53 Å². The molecular weight excluding hydrogens is 240 g/mol. The van der Waals surface area contributed by atoms with Crippen LogP contribution in [0.5, 0.6) is 0 Å². The van der Waals surface area contributed by atoms with E-state index in [-0.39, 0.29) is 5.97 Å². The summed E-state index contributed by atoms with van der Waals surface area (Å²) >= 11 is 0. The quantitative estimate of drug-likeness (QED) is 0.857. The van der Waals surface area contributed by atoms with Gasteiger partial charge in [0.15, 0.2) is 0 Å². The number of methoxy groups -OCH3 is 1. The average molecular weight is 258 g/mol. The molecule has 0 saturated carbocycles. The Morgan fingerprint density at radius 3 is 2.79 bits per heavy atom. The van der Waals surface area contributed by atoms with Gasteiger partial charge in [0, 0.05) is 24.6 Å². The first kappa shape index (κ1) is 13.2. The van der Waals surface area contributed by atoms with Crippen LogP contribution in [0.2, 0.25) is 0 Å². The fraction of sp³-hybridized carbons (Fsp3) is 0.267. The molecule has 0 saturated heterocycles. The van der Waals surface area contributed by atoms with E-state index in [1.165, 1.54) is 12.8 Å². The van der Waals surface area contributed by atoms with Crippen LogP contribution in [0.1, 0.15) is 21.6 Å². The number of esters is 1. The molecule has 100 valence electrons. The van der Waals surface area contributed by atoms with Crippen molar-refractivity contribution in [1.29, 1.82) is 0 Å². The van der Waals surface area contributed by atoms with E-state index in [0.717, 1.165) is 17.8 Å². The fourth-order valence-corrected chi connectivity index (χ4v) is 1.92. The van der Waals surface area contributed by atoms with Gasteiger partial charge in [-0.25, -0.2) is 4.79 Å². The summed E-state index contributed by atoms with van der Waals surface area (Å²) in [5.74, 6) is -0.318. The average Bonchev–Trinajstić information content (AvgIpc) is 2.82. The summed E-state index contributed by atoms with van der Waals surface area (Å²) in [6.07, 6.45) is 2.01. The molecule has 0 aliphatic heterocycles. The predicted octanol–water partition coefficient (Wildman–Crippen LogP) is 2.73. The molecule has 19 heavy (non-hydrogen) atoms. The molecule has 0 bridgehead atoms. The number of aryl methyl sites for hydroxylation is 2. The maximum absolute atomic E-state index is 11.5. The Balaban J connectivity index is 2.15. The number of hydrogen-bond acceptors (Lipinski definition) is 3. The molecule has 0 atom stereocenters. The van der Waals surface area contributed by atoms with Crippen LogP contribution >= 0.6 is 0 Å². The van der Waals surface area contributed by atoms with Gasteiger partial charge in [0.05, 0.1) is 19.2 Å². The van der Waals surface area contributed by atoms with Gasteiger partial charge in [0.1, 0.15) is 0 Å². The van der Waals surface area contributed by atoms with Crippen molar-refractivity contribution in [2.45, 2.75) is 13.5 Å². The van der Waals surface area contributed by atoms with Gasteiger partial charge in [0.2, 0.25) is 0 Å². The van der Waals surface area contributed by atoms with Crippen LogP contribution in [0, 0.1) is 6.92 Å². The van der Waals surface area contributed by atoms with E-state index in [0.29, 0.717) is 5.56 Å². The molecule has 2 rings (SSSR count). The van der Waals surface area contributed by atoms with Crippen LogP contribution in [0.4, 0.5) is 5.69 Å². The zero-order valence-electron chi connectivity index (χ0n) is 11.4. The van der Waals surface area contributed by atoms with Gasteiger partial charge in [-0.15, -0.1) is 0 Å². The number of nitrogens with one attached hydrogen (secondary N) is 1. The summed E-state index contributed by atoms with van der Waals surface area (Å²) in [4.78, 5) is 11.5. The Bertz CT molecular complexity index is 588. The van der Waals surface area contributed by atoms with Crippen LogP contribution in [-0.2, 0) is 18.3 Å². The second-order valence-corrected chi connectivity index (χ2v) is 4.49. The molecule has 2 aromatic rings. The van der Waals surface area contributed by atoms with E-state index in [1.807, 2.05) is 38.4 Å². The molecule has 0 amide bonds. The van der Waals surface area contributed by atoms with Gasteiger partial charge < -0.3 is 14.6 Å². The number of aromatic nitrogens is 1. The highest BCUT2D eigenvalue weighted by Crippen LogP contribution is 2.18. The molecule has 1 aromatic heterocycles. The minimum atomic E-state index is -0.318. The van der Waals surface area contributed by atoms with Crippen LogP contribution < -0.4 is 5.32 Å². The Morgan fingerprint density at radius 2 is 2.16 bits per heavy atom. The summed E-state index contributed by atoms with van der Waals surface area (Å²) in [5, 5.41) is 3.35. The van der Waals surface area contributed by atoms with E-state index in [2.05, 4.69) is 16.0 Å².